The van der Waals surface area contributed by atoms with Crippen molar-refractivity contribution in [1.29, 1.82) is 0 Å². The van der Waals surface area contributed by atoms with Gasteiger partial charge < -0.3 is 10.6 Å². The van der Waals surface area contributed by atoms with Crippen molar-refractivity contribution < 1.29 is 4.39 Å². The Morgan fingerprint density at radius 1 is 1.30 bits per heavy atom. The summed E-state index contributed by atoms with van der Waals surface area (Å²) in [6.07, 6.45) is 3.81. The number of nitrogens with zero attached hydrogens (tertiary/aromatic N) is 2. The van der Waals surface area contributed by atoms with E-state index in [4.69, 9.17) is 5.73 Å². The smallest absolute Gasteiger partial charge is 0.166 e. The summed E-state index contributed by atoms with van der Waals surface area (Å²) in [5.74, 6) is 0.134. The van der Waals surface area contributed by atoms with Gasteiger partial charge in [-0.25, -0.2) is 9.37 Å². The lowest BCUT2D eigenvalue weighted by Gasteiger charge is -2.24. The summed E-state index contributed by atoms with van der Waals surface area (Å²) >= 11 is 3.24. The molecule has 1 aliphatic rings. The van der Waals surface area contributed by atoms with E-state index in [2.05, 4.69) is 20.9 Å². The van der Waals surface area contributed by atoms with Crippen molar-refractivity contribution in [2.45, 2.75) is 25.4 Å². The molecule has 0 atom stereocenters. The first-order valence-electron chi connectivity index (χ1n) is 6.55. The number of pyridine rings is 1. The molecule has 0 saturated heterocycles. The highest BCUT2D eigenvalue weighted by Crippen LogP contribution is 2.34. The van der Waals surface area contributed by atoms with Crippen LogP contribution in [0.3, 0.4) is 0 Å². The van der Waals surface area contributed by atoms with Gasteiger partial charge in [0, 0.05) is 28.9 Å². The first kappa shape index (κ1) is 13.4. The maximum atomic E-state index is 14.1. The van der Waals surface area contributed by atoms with E-state index >= 15 is 0 Å². The second kappa shape index (κ2) is 5.40. The van der Waals surface area contributed by atoms with E-state index in [-0.39, 0.29) is 5.82 Å². The molecular weight excluding hydrogens is 321 g/mol. The fraction of sp³-hybridized carbons (Fsp3) is 0.267. The average molecular weight is 336 g/mol. The molecule has 3 nitrogen and oxygen atoms in total. The molecule has 1 heterocycles. The predicted octanol–water partition coefficient (Wildman–Crippen LogP) is 3.73. The molecule has 1 fully saturated rings. The quantitative estimate of drug-likeness (QED) is 0.865. The van der Waals surface area contributed by atoms with Gasteiger partial charge in [-0.3, -0.25) is 0 Å². The maximum absolute atomic E-state index is 14.1. The van der Waals surface area contributed by atoms with Crippen LogP contribution < -0.4 is 10.6 Å². The summed E-state index contributed by atoms with van der Waals surface area (Å²) in [6, 6.07) is 9.53. The molecule has 1 aromatic heterocycles. The lowest BCUT2D eigenvalue weighted by Crippen LogP contribution is -2.27. The second-order valence-corrected chi connectivity index (χ2v) is 5.98. The van der Waals surface area contributed by atoms with Crippen LogP contribution >= 0.6 is 15.9 Å². The fourth-order valence-corrected chi connectivity index (χ4v) is 2.50. The van der Waals surface area contributed by atoms with Crippen LogP contribution in [0.4, 0.5) is 15.9 Å². The molecule has 104 valence electrons. The van der Waals surface area contributed by atoms with E-state index in [1.54, 1.807) is 6.20 Å². The van der Waals surface area contributed by atoms with Crippen LogP contribution in [0.15, 0.2) is 41.0 Å². The minimum atomic E-state index is -0.290. The molecule has 1 aliphatic carbocycles. The zero-order valence-electron chi connectivity index (χ0n) is 10.9. The van der Waals surface area contributed by atoms with E-state index < -0.39 is 0 Å². The van der Waals surface area contributed by atoms with Crippen LogP contribution in [0.2, 0.25) is 0 Å². The van der Waals surface area contributed by atoms with Crippen molar-refractivity contribution in [3.63, 3.8) is 0 Å². The molecule has 0 bridgehead atoms. The minimum absolute atomic E-state index is 0.290. The van der Waals surface area contributed by atoms with Gasteiger partial charge in [0.15, 0.2) is 11.6 Å². The van der Waals surface area contributed by atoms with Gasteiger partial charge in [-0.15, -0.1) is 0 Å². The van der Waals surface area contributed by atoms with E-state index in [1.807, 2.05) is 29.2 Å². The number of nitrogens with two attached hydrogens (primary N) is 1. The summed E-state index contributed by atoms with van der Waals surface area (Å²) in [4.78, 5) is 6.27. The number of rotatable bonds is 4. The van der Waals surface area contributed by atoms with E-state index in [9.17, 15) is 4.39 Å². The Balaban J connectivity index is 1.87. The number of halogens is 2. The third-order valence-corrected chi connectivity index (χ3v) is 3.81. The fourth-order valence-electron chi connectivity index (χ4n) is 2.20. The predicted molar refractivity (Wildman–Crippen MR) is 82.0 cm³/mol. The van der Waals surface area contributed by atoms with Crippen molar-refractivity contribution in [3.05, 3.63) is 52.4 Å². The van der Waals surface area contributed by atoms with Crippen LogP contribution in [0, 0.1) is 5.82 Å². The minimum Gasteiger partial charge on any atom is -0.399 e. The third kappa shape index (κ3) is 2.93. The molecule has 0 unspecified atom stereocenters. The number of benzene rings is 1. The Morgan fingerprint density at radius 3 is 2.60 bits per heavy atom. The molecule has 20 heavy (non-hydrogen) atoms. The summed E-state index contributed by atoms with van der Waals surface area (Å²) in [6.45, 7) is 0.649. The van der Waals surface area contributed by atoms with Crippen LogP contribution in [-0.2, 0) is 6.54 Å². The summed E-state index contributed by atoms with van der Waals surface area (Å²) in [7, 11) is 0. The zero-order chi connectivity index (χ0) is 14.1. The number of nitrogen functional groups attached to an aromatic ring is 1. The van der Waals surface area contributed by atoms with E-state index in [0.717, 1.165) is 24.1 Å². The molecule has 3 rings (SSSR count). The highest BCUT2D eigenvalue weighted by Gasteiger charge is 2.31. The van der Waals surface area contributed by atoms with Crippen molar-refractivity contribution in [2.24, 2.45) is 0 Å². The average Bonchev–Trinajstić information content (AvgIpc) is 3.23. The Kier molecular flexibility index (Phi) is 3.61. The molecule has 0 amide bonds. The van der Waals surface area contributed by atoms with Gasteiger partial charge >= 0.3 is 0 Å². The third-order valence-electron chi connectivity index (χ3n) is 3.38. The van der Waals surface area contributed by atoms with Gasteiger partial charge in [0.2, 0.25) is 0 Å². The molecule has 0 aliphatic heterocycles. The number of hydrogen-bond donors (Lipinski definition) is 1. The molecule has 1 saturated carbocycles. The van der Waals surface area contributed by atoms with Crippen LogP contribution in [0.5, 0.6) is 0 Å². The van der Waals surface area contributed by atoms with Gasteiger partial charge in [-0.05, 0) is 52.5 Å². The highest BCUT2D eigenvalue weighted by molar-refractivity contribution is 9.10. The zero-order valence-corrected chi connectivity index (χ0v) is 12.5. The molecule has 2 N–H and O–H groups in total. The molecule has 0 spiro atoms. The standard InChI is InChI=1S/C15H15BrFN3/c16-11-7-14(17)15(19-8-11)20(13-5-6-13)9-10-1-3-12(18)4-2-10/h1-4,7-8,13H,5-6,9,18H2. The van der Waals surface area contributed by atoms with Gasteiger partial charge in [-0.2, -0.15) is 0 Å². The summed E-state index contributed by atoms with van der Waals surface area (Å²) < 4.78 is 14.8. The number of hydrogen-bond acceptors (Lipinski definition) is 3. The van der Waals surface area contributed by atoms with E-state index in [1.165, 1.54) is 6.07 Å². The van der Waals surface area contributed by atoms with Crippen molar-refractivity contribution in [2.75, 3.05) is 10.6 Å². The molecule has 0 radical (unpaired) electrons. The van der Waals surface area contributed by atoms with Crippen molar-refractivity contribution >= 4 is 27.4 Å². The van der Waals surface area contributed by atoms with Crippen LogP contribution in [0.25, 0.3) is 0 Å². The summed E-state index contributed by atoms with van der Waals surface area (Å²) in [5.41, 5.74) is 7.53. The Morgan fingerprint density at radius 2 is 2.00 bits per heavy atom. The maximum Gasteiger partial charge on any atom is 0.166 e. The second-order valence-electron chi connectivity index (χ2n) is 5.06. The Hall–Kier alpha value is -1.62. The van der Waals surface area contributed by atoms with Crippen LogP contribution in [0.1, 0.15) is 18.4 Å². The number of aromatic nitrogens is 1. The van der Waals surface area contributed by atoms with Crippen molar-refractivity contribution in [3.8, 4) is 0 Å². The monoisotopic (exact) mass is 335 g/mol. The molecule has 5 heteroatoms. The van der Waals surface area contributed by atoms with E-state index in [0.29, 0.717) is 22.9 Å². The normalized spacial score (nSPS) is 14.3. The Labute approximate surface area is 125 Å². The van der Waals surface area contributed by atoms with Crippen LogP contribution in [-0.4, -0.2) is 11.0 Å². The number of anilines is 2. The van der Waals surface area contributed by atoms with Gasteiger partial charge in [0.25, 0.3) is 0 Å². The lowest BCUT2D eigenvalue weighted by atomic mass is 10.2. The highest BCUT2D eigenvalue weighted by atomic mass is 79.9. The largest absolute Gasteiger partial charge is 0.399 e. The first-order valence-corrected chi connectivity index (χ1v) is 7.35. The van der Waals surface area contributed by atoms with Gasteiger partial charge in [-0.1, -0.05) is 12.1 Å². The first-order chi connectivity index (χ1) is 9.63. The van der Waals surface area contributed by atoms with Gasteiger partial charge in [0.1, 0.15) is 0 Å². The SMILES string of the molecule is Nc1ccc(CN(c2ncc(Br)cc2F)C2CC2)cc1. The molecular formula is C15H15BrFN3. The van der Waals surface area contributed by atoms with Crippen molar-refractivity contribution in [1.82, 2.24) is 4.98 Å². The Bertz CT molecular complexity index is 611. The molecule has 2 aromatic rings. The lowest BCUT2D eigenvalue weighted by molar-refractivity contribution is 0.605. The topological polar surface area (TPSA) is 42.1 Å². The molecule has 1 aromatic carbocycles. The summed E-state index contributed by atoms with van der Waals surface area (Å²) in [5, 5.41) is 0. The van der Waals surface area contributed by atoms with Gasteiger partial charge in [0.05, 0.1) is 0 Å².